The maximum absolute atomic E-state index is 12.6. The number of halogens is 3. The molecule has 2 rings (SSSR count). The number of methoxy groups -OCH3 is 1. The lowest BCUT2D eigenvalue weighted by Gasteiger charge is -2.19. The molecule has 0 radical (unpaired) electrons. The molecule has 0 fully saturated rings. The van der Waals surface area contributed by atoms with Gasteiger partial charge in [-0.25, -0.2) is 4.98 Å². The van der Waals surface area contributed by atoms with Crippen LogP contribution in [0.3, 0.4) is 0 Å². The fourth-order valence-corrected chi connectivity index (χ4v) is 3.81. The smallest absolute Gasteiger partial charge is 0.496 e. The number of aryl methyl sites for hydroxylation is 1. The van der Waals surface area contributed by atoms with E-state index in [1.165, 1.54) is 24.5 Å². The summed E-state index contributed by atoms with van der Waals surface area (Å²) in [6.07, 6.45) is 1.41. The molecule has 2 aromatic rings. The Balaban J connectivity index is 2.52. The van der Waals surface area contributed by atoms with Crippen molar-refractivity contribution in [2.45, 2.75) is 31.7 Å². The summed E-state index contributed by atoms with van der Waals surface area (Å²) in [4.78, 5) is 17.2. The van der Waals surface area contributed by atoms with Crippen molar-refractivity contribution in [2.75, 3.05) is 13.7 Å². The number of carbonyl (C=O) groups is 1. The normalized spacial score (nSPS) is 13.0. The molecule has 0 aliphatic rings. The van der Waals surface area contributed by atoms with E-state index < -0.39 is 33.3 Å². The number of alkyl halides is 3. The predicted octanol–water partition coefficient (Wildman–Crippen LogP) is 3.77. The Kier molecular flexibility index (Phi) is 7.11. The quantitative estimate of drug-likeness (QED) is 0.341. The second-order valence-electron chi connectivity index (χ2n) is 5.76. The Morgan fingerprint density at radius 3 is 2.52 bits per heavy atom. The summed E-state index contributed by atoms with van der Waals surface area (Å²) in [5, 5.41) is 0.490. The summed E-state index contributed by atoms with van der Waals surface area (Å²) < 4.78 is 75.0. The van der Waals surface area contributed by atoms with Crippen molar-refractivity contribution >= 4 is 27.4 Å². The number of aromatic nitrogens is 1. The first-order valence-corrected chi connectivity index (χ1v) is 10.5. The minimum absolute atomic E-state index is 0.145. The Labute approximate surface area is 169 Å². The maximum atomic E-state index is 12.6. The Morgan fingerprint density at radius 1 is 1.31 bits per heavy atom. The number of rotatable bonds is 8. The topological polar surface area (TPSA) is 91.8 Å². The first-order valence-electron chi connectivity index (χ1n) is 8.25. The molecule has 0 saturated carbocycles. The molecule has 0 saturated heterocycles. The van der Waals surface area contributed by atoms with Gasteiger partial charge in [0.25, 0.3) is 0 Å². The van der Waals surface area contributed by atoms with Crippen LogP contribution in [-0.4, -0.2) is 38.6 Å². The van der Waals surface area contributed by atoms with Gasteiger partial charge in [0.15, 0.2) is 0 Å². The number of ether oxygens (including phenoxy) is 2. The lowest BCUT2D eigenvalue weighted by atomic mass is 9.95. The molecule has 1 atom stereocenters. The summed E-state index contributed by atoms with van der Waals surface area (Å²) in [6.45, 7) is 3.58. The highest BCUT2D eigenvalue weighted by atomic mass is 32.2. The zero-order valence-corrected chi connectivity index (χ0v) is 17.3. The predicted molar refractivity (Wildman–Crippen MR) is 98.5 cm³/mol. The number of nitrogens with zero attached hydrogens (tertiary/aromatic N) is 1. The average molecular weight is 453 g/mol. The SMILES string of the molecule is CCOC(=O)CC(c1ncc(C)s1)c1cc(OS(=O)(=O)C(F)(F)F)ccc1OC. The summed E-state index contributed by atoms with van der Waals surface area (Å²) in [5.41, 5.74) is -5.34. The summed E-state index contributed by atoms with van der Waals surface area (Å²) >= 11 is 1.28. The van der Waals surface area contributed by atoms with E-state index in [0.29, 0.717) is 5.01 Å². The van der Waals surface area contributed by atoms with Gasteiger partial charge in [-0.1, -0.05) is 0 Å². The van der Waals surface area contributed by atoms with Crippen LogP contribution in [0.15, 0.2) is 24.4 Å². The summed E-state index contributed by atoms with van der Waals surface area (Å²) in [7, 11) is -4.52. The van der Waals surface area contributed by atoms with Gasteiger partial charge in [-0.3, -0.25) is 4.79 Å². The Morgan fingerprint density at radius 2 is 2.00 bits per heavy atom. The fourth-order valence-electron chi connectivity index (χ4n) is 2.46. The van der Waals surface area contributed by atoms with Crippen LogP contribution in [0.1, 0.15) is 34.7 Å². The van der Waals surface area contributed by atoms with Gasteiger partial charge in [-0.15, -0.1) is 11.3 Å². The average Bonchev–Trinajstić information content (AvgIpc) is 3.04. The van der Waals surface area contributed by atoms with Crippen LogP contribution >= 0.6 is 11.3 Å². The zero-order chi connectivity index (χ0) is 21.8. The zero-order valence-electron chi connectivity index (χ0n) is 15.6. The third-order valence-electron chi connectivity index (χ3n) is 3.68. The van der Waals surface area contributed by atoms with Crippen molar-refractivity contribution < 1.29 is 40.0 Å². The van der Waals surface area contributed by atoms with Gasteiger partial charge in [-0.2, -0.15) is 21.6 Å². The molecule has 0 spiro atoms. The highest BCUT2D eigenvalue weighted by Crippen LogP contribution is 2.39. The highest BCUT2D eigenvalue weighted by molar-refractivity contribution is 7.88. The van der Waals surface area contributed by atoms with Crippen LogP contribution < -0.4 is 8.92 Å². The van der Waals surface area contributed by atoms with E-state index >= 15 is 0 Å². The Bertz CT molecular complexity index is 972. The first kappa shape index (κ1) is 22.9. The lowest BCUT2D eigenvalue weighted by Crippen LogP contribution is -2.28. The second-order valence-corrected chi connectivity index (χ2v) is 8.56. The second kappa shape index (κ2) is 8.99. The van der Waals surface area contributed by atoms with Crippen LogP contribution in [0.2, 0.25) is 0 Å². The monoisotopic (exact) mass is 453 g/mol. The van der Waals surface area contributed by atoms with Crippen LogP contribution in [0.5, 0.6) is 11.5 Å². The van der Waals surface area contributed by atoms with Crippen molar-refractivity contribution in [3.05, 3.63) is 39.8 Å². The molecular weight excluding hydrogens is 435 g/mol. The molecule has 0 aliphatic carbocycles. The molecule has 1 heterocycles. The number of hydrogen-bond donors (Lipinski definition) is 0. The van der Waals surface area contributed by atoms with Crippen molar-refractivity contribution in [3.8, 4) is 11.5 Å². The van der Waals surface area contributed by atoms with Gasteiger partial charge in [0.05, 0.1) is 26.1 Å². The van der Waals surface area contributed by atoms with Crippen LogP contribution in [0, 0.1) is 6.92 Å². The maximum Gasteiger partial charge on any atom is 0.534 e. The third kappa shape index (κ3) is 5.60. The molecule has 29 heavy (non-hydrogen) atoms. The minimum atomic E-state index is -5.85. The van der Waals surface area contributed by atoms with Gasteiger partial charge in [-0.05, 0) is 32.0 Å². The molecule has 160 valence electrons. The molecule has 1 unspecified atom stereocenters. The number of benzene rings is 1. The van der Waals surface area contributed by atoms with Gasteiger partial charge in [0.1, 0.15) is 16.5 Å². The highest BCUT2D eigenvalue weighted by Gasteiger charge is 2.48. The number of carbonyl (C=O) groups excluding carboxylic acids is 1. The molecule has 0 amide bonds. The van der Waals surface area contributed by atoms with Crippen molar-refractivity contribution in [3.63, 3.8) is 0 Å². The van der Waals surface area contributed by atoms with E-state index in [9.17, 15) is 26.4 Å². The fraction of sp³-hybridized carbons (Fsp3) is 0.412. The van der Waals surface area contributed by atoms with Crippen molar-refractivity contribution in [1.82, 2.24) is 4.98 Å². The van der Waals surface area contributed by atoms with Crippen molar-refractivity contribution in [1.29, 1.82) is 0 Å². The molecule has 12 heteroatoms. The molecular formula is C17H18F3NO6S2. The van der Waals surface area contributed by atoms with E-state index in [4.69, 9.17) is 9.47 Å². The molecule has 7 nitrogen and oxygen atoms in total. The van der Waals surface area contributed by atoms with Gasteiger partial charge < -0.3 is 13.7 Å². The van der Waals surface area contributed by atoms with Gasteiger partial charge in [0, 0.05) is 16.6 Å². The van der Waals surface area contributed by atoms with Gasteiger partial charge >= 0.3 is 21.6 Å². The minimum Gasteiger partial charge on any atom is -0.496 e. The number of thiazole rings is 1. The Hall–Kier alpha value is -2.34. The lowest BCUT2D eigenvalue weighted by molar-refractivity contribution is -0.143. The molecule has 0 bridgehead atoms. The van der Waals surface area contributed by atoms with Gasteiger partial charge in [0.2, 0.25) is 0 Å². The van der Waals surface area contributed by atoms with E-state index in [1.807, 2.05) is 0 Å². The first-order chi connectivity index (χ1) is 13.5. The standard InChI is InChI=1S/C17H18F3NO6S2/c1-4-26-15(22)8-13(16-21-9-10(2)28-16)12-7-11(5-6-14(12)25-3)27-29(23,24)17(18,19)20/h5-7,9,13H,4,8H2,1-3H3. The van der Waals surface area contributed by atoms with E-state index in [0.717, 1.165) is 17.0 Å². The van der Waals surface area contributed by atoms with Crippen LogP contribution in [0.25, 0.3) is 0 Å². The molecule has 1 aromatic heterocycles. The van der Waals surface area contributed by atoms with Crippen molar-refractivity contribution in [2.24, 2.45) is 0 Å². The number of hydrogen-bond acceptors (Lipinski definition) is 8. The molecule has 1 aromatic carbocycles. The number of esters is 1. The molecule has 0 aliphatic heterocycles. The van der Waals surface area contributed by atoms with E-state index in [1.54, 1.807) is 20.0 Å². The van der Waals surface area contributed by atoms with Crippen LogP contribution in [-0.2, 0) is 19.6 Å². The summed E-state index contributed by atoms with van der Waals surface area (Å²) in [6, 6.07) is 3.37. The largest absolute Gasteiger partial charge is 0.534 e. The van der Waals surface area contributed by atoms with E-state index in [-0.39, 0.29) is 24.3 Å². The van der Waals surface area contributed by atoms with E-state index in [2.05, 4.69) is 9.17 Å². The third-order valence-corrected chi connectivity index (χ3v) is 5.68. The molecule has 0 N–H and O–H groups in total. The van der Waals surface area contributed by atoms with Crippen LogP contribution in [0.4, 0.5) is 13.2 Å². The summed E-state index contributed by atoms with van der Waals surface area (Å²) in [5.74, 6) is -1.63.